The molecule has 2 fully saturated rings. The highest BCUT2D eigenvalue weighted by Gasteiger charge is 2.59. The van der Waals surface area contributed by atoms with Gasteiger partial charge >= 0.3 is 6.55 Å². The van der Waals surface area contributed by atoms with Crippen molar-refractivity contribution in [3.63, 3.8) is 0 Å². The smallest absolute Gasteiger partial charge is 0.334 e. The highest BCUT2D eigenvalue weighted by atomic mass is 35.5. The van der Waals surface area contributed by atoms with Crippen molar-refractivity contribution in [1.29, 1.82) is 0 Å². The number of amides is 1. The van der Waals surface area contributed by atoms with Crippen molar-refractivity contribution in [3.05, 3.63) is 68.2 Å². The van der Waals surface area contributed by atoms with Gasteiger partial charge in [-0.25, -0.2) is 28.1 Å². The van der Waals surface area contributed by atoms with Gasteiger partial charge in [-0.2, -0.15) is 18.6 Å². The number of piperidine rings is 1. The number of carbonyl (C=O) groups is 1. The Kier molecular flexibility index (Phi) is 7.54. The summed E-state index contributed by atoms with van der Waals surface area (Å²) >= 11 is 6.02. The van der Waals surface area contributed by atoms with Crippen LogP contribution >= 0.6 is 11.6 Å². The molecular weight excluding hydrogens is 632 g/mol. The second kappa shape index (κ2) is 11.0. The SMILES string of the molecule is Cc1cc([C@@H](C)Nc2ccc(Cl)nc2C(=O)NS(C)(=O)=O)c2nc(N3C[C@@H]4C(c5nc(C)n(C(F)F)n5)[C@@H]4C3)n(C)c(=O)c2c1. The van der Waals surface area contributed by atoms with Crippen LogP contribution in [0.4, 0.5) is 20.4 Å². The Bertz CT molecular complexity index is 2020. The molecule has 1 aromatic carbocycles. The van der Waals surface area contributed by atoms with Crippen molar-refractivity contribution >= 4 is 50.1 Å². The van der Waals surface area contributed by atoms with Crippen molar-refractivity contribution in [3.8, 4) is 0 Å². The second-order valence-corrected chi connectivity index (χ2v) is 13.8. The number of nitrogens with zero attached hydrogens (tertiary/aromatic N) is 7. The number of pyridine rings is 1. The highest BCUT2D eigenvalue weighted by molar-refractivity contribution is 7.89. The molecule has 1 amide bonds. The molecule has 1 saturated carbocycles. The molecule has 4 atom stereocenters. The lowest BCUT2D eigenvalue weighted by Gasteiger charge is -2.24. The fourth-order valence-corrected chi connectivity index (χ4v) is 6.81. The van der Waals surface area contributed by atoms with E-state index in [2.05, 4.69) is 20.4 Å². The summed E-state index contributed by atoms with van der Waals surface area (Å²) in [6, 6.07) is 6.13. The topological polar surface area (TPSA) is 157 Å². The number of hydrogen-bond donors (Lipinski definition) is 2. The summed E-state index contributed by atoms with van der Waals surface area (Å²) in [4.78, 5) is 41.6. The van der Waals surface area contributed by atoms with Gasteiger partial charge in [-0.05, 0) is 56.4 Å². The Morgan fingerprint density at radius 1 is 1.11 bits per heavy atom. The van der Waals surface area contributed by atoms with E-state index < -0.39 is 28.5 Å². The lowest BCUT2D eigenvalue weighted by atomic mass is 10.0. The molecule has 2 aliphatic rings. The number of aryl methyl sites for hydroxylation is 2. The molecule has 238 valence electrons. The first-order valence-corrected chi connectivity index (χ1v) is 16.3. The zero-order chi connectivity index (χ0) is 32.5. The van der Waals surface area contributed by atoms with E-state index in [1.165, 1.54) is 23.6 Å². The van der Waals surface area contributed by atoms with Gasteiger partial charge in [0.05, 0.1) is 28.9 Å². The van der Waals surface area contributed by atoms with E-state index in [9.17, 15) is 26.8 Å². The van der Waals surface area contributed by atoms with Gasteiger partial charge < -0.3 is 10.2 Å². The second-order valence-electron chi connectivity index (χ2n) is 11.6. The number of benzene rings is 1. The molecule has 1 aliphatic carbocycles. The quantitative estimate of drug-likeness (QED) is 0.269. The number of nitrogens with one attached hydrogen (secondary N) is 2. The average Bonchev–Trinajstić information content (AvgIpc) is 3.24. The molecule has 6 rings (SSSR count). The lowest BCUT2D eigenvalue weighted by molar-refractivity contribution is 0.0535. The average molecular weight is 662 g/mol. The zero-order valence-corrected chi connectivity index (χ0v) is 26.5. The number of fused-ring (bicyclic) bond motifs is 2. The van der Waals surface area contributed by atoms with Crippen LogP contribution in [0, 0.1) is 25.7 Å². The Morgan fingerprint density at radius 2 is 1.80 bits per heavy atom. The molecule has 1 unspecified atom stereocenters. The van der Waals surface area contributed by atoms with Gasteiger partial charge in [0, 0.05) is 31.6 Å². The lowest BCUT2D eigenvalue weighted by Crippen LogP contribution is -2.32. The molecule has 3 aromatic heterocycles. The number of alkyl halides is 2. The summed E-state index contributed by atoms with van der Waals surface area (Å²) in [6.07, 6.45) is 0.858. The summed E-state index contributed by atoms with van der Waals surface area (Å²) in [7, 11) is -2.20. The minimum Gasteiger partial charge on any atom is -0.377 e. The van der Waals surface area contributed by atoms with E-state index in [0.717, 1.165) is 11.8 Å². The minimum absolute atomic E-state index is 0.00172. The third-order valence-electron chi connectivity index (χ3n) is 8.30. The number of hydrogen-bond acceptors (Lipinski definition) is 10. The number of halogens is 3. The molecule has 2 N–H and O–H groups in total. The summed E-state index contributed by atoms with van der Waals surface area (Å²) in [5.74, 6) is 0.386. The van der Waals surface area contributed by atoms with E-state index in [1.807, 2.05) is 29.5 Å². The first-order chi connectivity index (χ1) is 21.1. The zero-order valence-electron chi connectivity index (χ0n) is 24.9. The third-order valence-corrected chi connectivity index (χ3v) is 9.07. The fourth-order valence-electron chi connectivity index (χ4n) is 6.23. The maximum absolute atomic E-state index is 13.6. The summed E-state index contributed by atoms with van der Waals surface area (Å²) in [6.45, 7) is 3.56. The molecule has 45 heavy (non-hydrogen) atoms. The summed E-state index contributed by atoms with van der Waals surface area (Å²) in [5.41, 5.74) is 1.74. The maximum atomic E-state index is 13.6. The van der Waals surface area contributed by atoms with Crippen molar-refractivity contribution < 1.29 is 22.0 Å². The monoisotopic (exact) mass is 661 g/mol. The standard InChI is InChI=1S/C28H30ClF2N9O4S/c1-12-8-15(13(2)32-19-6-7-20(29)34-23(19)25(41)37-45(5,43)44)22-16(9-12)26(42)38(4)28(35-22)39-10-17-18(11-39)21(17)24-33-14(3)40(36-24)27(30)31/h6-9,13,17-18,21,27,32H,10-11H2,1-5H3,(H,37,41)/t13-,17-,18+,21?/m1/s1. The Hall–Kier alpha value is -4.18. The molecule has 13 nitrogen and oxygen atoms in total. The van der Waals surface area contributed by atoms with Crippen molar-refractivity contribution in [2.45, 2.75) is 39.3 Å². The van der Waals surface area contributed by atoms with Crippen molar-refractivity contribution in [2.24, 2.45) is 18.9 Å². The number of aromatic nitrogens is 6. The minimum atomic E-state index is -3.86. The van der Waals surface area contributed by atoms with Crippen LogP contribution in [0.2, 0.25) is 5.15 Å². The Balaban J connectivity index is 1.31. The van der Waals surface area contributed by atoms with Gasteiger partial charge in [0.2, 0.25) is 16.0 Å². The van der Waals surface area contributed by atoms with Crippen LogP contribution < -0.4 is 20.5 Å². The summed E-state index contributed by atoms with van der Waals surface area (Å²) < 4.78 is 53.9. The maximum Gasteiger partial charge on any atom is 0.334 e. The van der Waals surface area contributed by atoms with E-state index in [0.29, 0.717) is 46.0 Å². The first-order valence-electron chi connectivity index (χ1n) is 14.1. The highest BCUT2D eigenvalue weighted by Crippen LogP contribution is 2.57. The van der Waals surface area contributed by atoms with Gasteiger partial charge in [-0.1, -0.05) is 17.7 Å². The van der Waals surface area contributed by atoms with E-state index >= 15 is 0 Å². The van der Waals surface area contributed by atoms with Crippen LogP contribution in [0.15, 0.2) is 29.1 Å². The van der Waals surface area contributed by atoms with Crippen LogP contribution in [-0.2, 0) is 17.1 Å². The molecule has 1 saturated heterocycles. The van der Waals surface area contributed by atoms with Crippen molar-refractivity contribution in [2.75, 3.05) is 29.6 Å². The molecule has 4 heterocycles. The van der Waals surface area contributed by atoms with Gasteiger partial charge in [-0.15, -0.1) is 0 Å². The van der Waals surface area contributed by atoms with Gasteiger partial charge in [-0.3, -0.25) is 14.2 Å². The molecule has 0 bridgehead atoms. The molecule has 17 heteroatoms. The van der Waals surface area contributed by atoms with Gasteiger partial charge in [0.1, 0.15) is 11.0 Å². The predicted octanol–water partition coefficient (Wildman–Crippen LogP) is 3.30. The van der Waals surface area contributed by atoms with E-state index in [-0.39, 0.29) is 45.7 Å². The molecule has 1 aliphatic heterocycles. The van der Waals surface area contributed by atoms with E-state index in [4.69, 9.17) is 16.6 Å². The predicted molar refractivity (Wildman–Crippen MR) is 163 cm³/mol. The number of rotatable bonds is 8. The number of carbonyl (C=O) groups excluding carboxylic acids is 1. The van der Waals surface area contributed by atoms with Crippen LogP contribution in [-0.4, -0.2) is 63.0 Å². The third kappa shape index (κ3) is 5.72. The molecule has 4 aromatic rings. The van der Waals surface area contributed by atoms with Crippen LogP contribution in [0.5, 0.6) is 0 Å². The first kappa shape index (κ1) is 30.8. The molecule has 0 radical (unpaired) electrons. The molecule has 0 spiro atoms. The fraction of sp³-hybridized carbons (Fsp3) is 0.429. The van der Waals surface area contributed by atoms with Crippen LogP contribution in [0.25, 0.3) is 10.9 Å². The molecular formula is C28H30ClF2N9O4S. The van der Waals surface area contributed by atoms with E-state index in [1.54, 1.807) is 13.1 Å². The van der Waals surface area contributed by atoms with Crippen LogP contribution in [0.3, 0.4) is 0 Å². The normalized spacial score (nSPS) is 20.0. The largest absolute Gasteiger partial charge is 0.377 e. The van der Waals surface area contributed by atoms with Gasteiger partial charge in [0.25, 0.3) is 11.5 Å². The Labute approximate surface area is 261 Å². The number of sulfonamides is 1. The number of anilines is 2. The van der Waals surface area contributed by atoms with Crippen LogP contribution in [0.1, 0.15) is 58.7 Å². The summed E-state index contributed by atoms with van der Waals surface area (Å²) in [5, 5.41) is 7.65. The van der Waals surface area contributed by atoms with Gasteiger partial charge in [0.15, 0.2) is 11.5 Å². The Morgan fingerprint density at radius 3 is 2.42 bits per heavy atom. The van der Waals surface area contributed by atoms with Crippen molar-refractivity contribution in [1.82, 2.24) is 34.0 Å².